The van der Waals surface area contributed by atoms with Crippen LogP contribution >= 0.6 is 0 Å². The van der Waals surface area contributed by atoms with Gasteiger partial charge in [-0.25, -0.2) is 5.43 Å². The quantitative estimate of drug-likeness (QED) is 0.626. The van der Waals surface area contributed by atoms with Crippen molar-refractivity contribution in [2.24, 2.45) is 5.10 Å². The number of methoxy groups -OCH3 is 3. The summed E-state index contributed by atoms with van der Waals surface area (Å²) in [6.07, 6.45) is 1.75. The molecule has 0 aliphatic carbocycles. The van der Waals surface area contributed by atoms with Crippen molar-refractivity contribution < 1.29 is 19.0 Å². The highest BCUT2D eigenvalue weighted by Crippen LogP contribution is 2.22. The number of rotatable bonds is 7. The third-order valence-corrected chi connectivity index (χ3v) is 3.35. The first-order chi connectivity index (χ1) is 11.7. The minimum atomic E-state index is -0.210. The van der Waals surface area contributed by atoms with E-state index in [0.717, 1.165) is 11.3 Å². The summed E-state index contributed by atoms with van der Waals surface area (Å²) in [5, 5.41) is 3.97. The predicted octanol–water partition coefficient (Wildman–Crippen LogP) is 2.41. The summed E-state index contributed by atoms with van der Waals surface area (Å²) >= 11 is 0. The van der Waals surface area contributed by atoms with E-state index in [9.17, 15) is 4.79 Å². The molecule has 2 rings (SSSR count). The van der Waals surface area contributed by atoms with Gasteiger partial charge in [0.1, 0.15) is 17.2 Å². The molecule has 126 valence electrons. The van der Waals surface area contributed by atoms with Crippen molar-refractivity contribution in [1.29, 1.82) is 0 Å². The largest absolute Gasteiger partial charge is 0.497 e. The maximum absolute atomic E-state index is 11.9. The molecule has 0 spiro atoms. The number of ether oxygens (including phenoxy) is 3. The average Bonchev–Trinajstić information content (AvgIpc) is 2.62. The topological polar surface area (TPSA) is 69.2 Å². The lowest BCUT2D eigenvalue weighted by Crippen LogP contribution is -2.19. The summed E-state index contributed by atoms with van der Waals surface area (Å²) in [5.74, 6) is 1.87. The van der Waals surface area contributed by atoms with Gasteiger partial charge in [-0.15, -0.1) is 0 Å². The van der Waals surface area contributed by atoms with Crippen LogP contribution in [0.5, 0.6) is 17.2 Å². The summed E-state index contributed by atoms with van der Waals surface area (Å²) in [6, 6.07) is 12.6. The van der Waals surface area contributed by atoms with Crippen LogP contribution in [-0.4, -0.2) is 33.5 Å². The highest BCUT2D eigenvalue weighted by Gasteiger charge is 2.04. The van der Waals surface area contributed by atoms with Crippen LogP contribution in [-0.2, 0) is 11.2 Å². The highest BCUT2D eigenvalue weighted by molar-refractivity contribution is 5.86. The van der Waals surface area contributed by atoms with E-state index in [4.69, 9.17) is 14.2 Å². The van der Waals surface area contributed by atoms with Crippen LogP contribution in [0.1, 0.15) is 11.1 Å². The lowest BCUT2D eigenvalue weighted by Gasteiger charge is -2.07. The average molecular weight is 328 g/mol. The van der Waals surface area contributed by atoms with E-state index in [1.54, 1.807) is 39.5 Å². The predicted molar refractivity (Wildman–Crippen MR) is 92.0 cm³/mol. The van der Waals surface area contributed by atoms with E-state index in [-0.39, 0.29) is 12.3 Å². The second kappa shape index (κ2) is 8.57. The Morgan fingerprint density at radius 3 is 2.29 bits per heavy atom. The second-order valence-corrected chi connectivity index (χ2v) is 4.93. The third-order valence-electron chi connectivity index (χ3n) is 3.35. The number of hydrogen-bond acceptors (Lipinski definition) is 5. The Kier molecular flexibility index (Phi) is 6.19. The zero-order chi connectivity index (χ0) is 17.4. The Labute approximate surface area is 141 Å². The van der Waals surface area contributed by atoms with Crippen LogP contribution in [0.3, 0.4) is 0 Å². The van der Waals surface area contributed by atoms with Crippen molar-refractivity contribution in [3.05, 3.63) is 53.6 Å². The normalized spacial score (nSPS) is 10.5. The molecular weight excluding hydrogens is 308 g/mol. The fourth-order valence-electron chi connectivity index (χ4n) is 2.08. The monoisotopic (exact) mass is 328 g/mol. The number of nitrogens with zero attached hydrogens (tertiary/aromatic N) is 1. The highest BCUT2D eigenvalue weighted by atomic mass is 16.5. The van der Waals surface area contributed by atoms with Gasteiger partial charge in [0.15, 0.2) is 0 Å². The Balaban J connectivity index is 1.96. The fraction of sp³-hybridized carbons (Fsp3) is 0.222. The van der Waals surface area contributed by atoms with Gasteiger partial charge in [-0.2, -0.15) is 5.10 Å². The Morgan fingerprint density at radius 2 is 1.67 bits per heavy atom. The minimum Gasteiger partial charge on any atom is -0.497 e. The Hall–Kier alpha value is -3.02. The maximum atomic E-state index is 11.9. The van der Waals surface area contributed by atoms with Gasteiger partial charge in [0.05, 0.1) is 34.0 Å². The van der Waals surface area contributed by atoms with Crippen molar-refractivity contribution in [3.8, 4) is 17.2 Å². The van der Waals surface area contributed by atoms with Crippen LogP contribution in [0, 0.1) is 0 Å². The number of hydrogen-bond donors (Lipinski definition) is 1. The summed E-state index contributed by atoms with van der Waals surface area (Å²) in [4.78, 5) is 11.9. The second-order valence-electron chi connectivity index (χ2n) is 4.93. The van der Waals surface area contributed by atoms with Crippen LogP contribution in [0.2, 0.25) is 0 Å². The Bertz CT molecular complexity index is 711. The van der Waals surface area contributed by atoms with Gasteiger partial charge in [0.2, 0.25) is 5.91 Å². The molecule has 0 heterocycles. The molecule has 0 atom stereocenters. The number of amides is 1. The summed E-state index contributed by atoms with van der Waals surface area (Å²) in [5.41, 5.74) is 4.09. The SMILES string of the molecule is COc1ccc(CC(=O)N/N=C\c2cc(OC)ccc2OC)cc1. The number of carbonyl (C=O) groups is 1. The molecule has 24 heavy (non-hydrogen) atoms. The lowest BCUT2D eigenvalue weighted by atomic mass is 10.1. The van der Waals surface area contributed by atoms with Gasteiger partial charge in [0.25, 0.3) is 0 Å². The molecule has 2 aromatic carbocycles. The molecular formula is C18H20N2O4. The molecule has 0 radical (unpaired) electrons. The van der Waals surface area contributed by atoms with Gasteiger partial charge in [-0.1, -0.05) is 12.1 Å². The zero-order valence-electron chi connectivity index (χ0n) is 13.9. The van der Waals surface area contributed by atoms with Gasteiger partial charge in [-0.3, -0.25) is 4.79 Å². The van der Waals surface area contributed by atoms with Gasteiger partial charge in [0, 0.05) is 5.56 Å². The first-order valence-corrected chi connectivity index (χ1v) is 7.33. The van der Waals surface area contributed by atoms with Crippen molar-refractivity contribution >= 4 is 12.1 Å². The van der Waals surface area contributed by atoms with E-state index in [2.05, 4.69) is 10.5 Å². The van der Waals surface area contributed by atoms with Gasteiger partial charge >= 0.3 is 0 Å². The van der Waals surface area contributed by atoms with Gasteiger partial charge < -0.3 is 14.2 Å². The molecule has 0 bridgehead atoms. The molecule has 0 saturated heterocycles. The van der Waals surface area contributed by atoms with E-state index < -0.39 is 0 Å². The van der Waals surface area contributed by atoms with Crippen molar-refractivity contribution in [3.63, 3.8) is 0 Å². The van der Waals surface area contributed by atoms with E-state index >= 15 is 0 Å². The van der Waals surface area contributed by atoms with Crippen LogP contribution in [0.4, 0.5) is 0 Å². The molecule has 6 heteroatoms. The third kappa shape index (κ3) is 4.74. The molecule has 0 aromatic heterocycles. The van der Waals surface area contributed by atoms with Crippen LogP contribution < -0.4 is 19.6 Å². The molecule has 2 aromatic rings. The number of benzene rings is 2. The molecule has 0 unspecified atom stereocenters. The fourth-order valence-corrected chi connectivity index (χ4v) is 2.08. The number of carbonyl (C=O) groups excluding carboxylic acids is 1. The van der Waals surface area contributed by atoms with E-state index in [1.165, 1.54) is 6.21 Å². The van der Waals surface area contributed by atoms with E-state index in [0.29, 0.717) is 17.1 Å². The minimum absolute atomic E-state index is 0.210. The molecule has 1 amide bonds. The Morgan fingerprint density at radius 1 is 1.00 bits per heavy atom. The zero-order valence-corrected chi connectivity index (χ0v) is 13.9. The van der Waals surface area contributed by atoms with Crippen molar-refractivity contribution in [2.45, 2.75) is 6.42 Å². The molecule has 0 aliphatic rings. The van der Waals surface area contributed by atoms with Crippen LogP contribution in [0.15, 0.2) is 47.6 Å². The summed E-state index contributed by atoms with van der Waals surface area (Å²) < 4.78 is 15.5. The molecule has 0 fully saturated rings. The molecule has 0 aliphatic heterocycles. The number of nitrogens with one attached hydrogen (secondary N) is 1. The molecule has 6 nitrogen and oxygen atoms in total. The van der Waals surface area contributed by atoms with Gasteiger partial charge in [-0.05, 0) is 35.9 Å². The smallest absolute Gasteiger partial charge is 0.244 e. The first-order valence-electron chi connectivity index (χ1n) is 7.33. The summed E-state index contributed by atoms with van der Waals surface area (Å²) in [6.45, 7) is 0. The summed E-state index contributed by atoms with van der Waals surface area (Å²) in [7, 11) is 4.75. The van der Waals surface area contributed by atoms with Crippen LogP contribution in [0.25, 0.3) is 0 Å². The van der Waals surface area contributed by atoms with E-state index in [1.807, 2.05) is 24.3 Å². The molecule has 0 saturated carbocycles. The number of hydrazone groups is 1. The van der Waals surface area contributed by atoms with Crippen molar-refractivity contribution in [2.75, 3.05) is 21.3 Å². The first kappa shape index (κ1) is 17.3. The lowest BCUT2D eigenvalue weighted by molar-refractivity contribution is -0.120. The molecule has 1 N–H and O–H groups in total. The maximum Gasteiger partial charge on any atom is 0.244 e. The van der Waals surface area contributed by atoms with Crippen molar-refractivity contribution in [1.82, 2.24) is 5.43 Å². The standard InChI is InChI=1S/C18H20N2O4/c1-22-15-6-4-13(5-7-15)10-18(21)20-19-12-14-11-16(23-2)8-9-17(14)24-3/h4-9,11-12H,10H2,1-3H3,(H,20,21)/b19-12-.